The summed E-state index contributed by atoms with van der Waals surface area (Å²) in [6.45, 7) is 8.66. The molecule has 0 amide bonds. The van der Waals surface area contributed by atoms with Crippen LogP contribution in [0, 0.1) is 0 Å². The predicted octanol–water partition coefficient (Wildman–Crippen LogP) is 8.98. The van der Waals surface area contributed by atoms with E-state index in [0.717, 1.165) is 57.7 Å². The second-order valence-electron chi connectivity index (χ2n) is 10.6. The van der Waals surface area contributed by atoms with Crippen molar-refractivity contribution in [3.63, 3.8) is 0 Å². The number of hydrogen-bond acceptors (Lipinski definition) is 4. The molecule has 0 aromatic heterocycles. The van der Waals surface area contributed by atoms with Crippen LogP contribution in [0.5, 0.6) is 11.5 Å². The number of nitrogens with zero attached hydrogens (tertiary/aromatic N) is 2. The highest BCUT2D eigenvalue weighted by Gasteiger charge is 2.23. The smallest absolute Gasteiger partial charge is 0.119 e. The first kappa shape index (κ1) is 28.8. The van der Waals surface area contributed by atoms with Crippen molar-refractivity contribution in [1.82, 2.24) is 0 Å². The topological polar surface area (TPSA) is 43.2 Å². The van der Waals surface area contributed by atoms with Gasteiger partial charge in [-0.1, -0.05) is 86.7 Å². The van der Waals surface area contributed by atoms with Crippen LogP contribution in [-0.4, -0.2) is 24.5 Å². The Bertz CT molecular complexity index is 1370. The molecule has 0 N–H and O–H groups in total. The van der Waals surface area contributed by atoms with Crippen LogP contribution in [0.2, 0.25) is 0 Å². The van der Waals surface area contributed by atoms with E-state index in [1.807, 2.05) is 73.1 Å². The summed E-state index contributed by atoms with van der Waals surface area (Å²) in [5, 5.41) is 0. The maximum absolute atomic E-state index is 5.95. The number of ether oxygens (including phenoxy) is 2. The van der Waals surface area contributed by atoms with Crippen LogP contribution in [0.15, 0.2) is 120 Å². The normalized spacial score (nSPS) is 16.9. The fraction of sp³-hybridized carbons (Fsp3) is 0.211. The molecular formula is C38H38N2O2. The van der Waals surface area contributed by atoms with Gasteiger partial charge in [-0.15, -0.1) is 0 Å². The molecule has 4 nitrogen and oxygen atoms in total. The molecule has 42 heavy (non-hydrogen) atoms. The van der Waals surface area contributed by atoms with Gasteiger partial charge < -0.3 is 9.47 Å². The molecule has 1 saturated carbocycles. The zero-order valence-electron chi connectivity index (χ0n) is 24.1. The van der Waals surface area contributed by atoms with Gasteiger partial charge in [-0.3, -0.25) is 9.98 Å². The van der Waals surface area contributed by atoms with Crippen molar-refractivity contribution < 1.29 is 9.47 Å². The van der Waals surface area contributed by atoms with Gasteiger partial charge in [0.25, 0.3) is 0 Å². The van der Waals surface area contributed by atoms with Gasteiger partial charge in [0.05, 0.1) is 12.1 Å². The van der Waals surface area contributed by atoms with Gasteiger partial charge in [-0.05, 0) is 94.8 Å². The second kappa shape index (κ2) is 14.8. The third-order valence-electron chi connectivity index (χ3n) is 7.53. The van der Waals surface area contributed by atoms with E-state index in [2.05, 4.69) is 61.7 Å². The largest absolute Gasteiger partial charge is 0.489 e. The number of hydrogen-bond donors (Lipinski definition) is 0. The zero-order valence-corrected chi connectivity index (χ0v) is 24.1. The highest BCUT2D eigenvalue weighted by atomic mass is 16.5. The van der Waals surface area contributed by atoms with Crippen LogP contribution in [0.4, 0.5) is 0 Å². The summed E-state index contributed by atoms with van der Waals surface area (Å²) in [7, 11) is 0. The van der Waals surface area contributed by atoms with Gasteiger partial charge >= 0.3 is 0 Å². The predicted molar refractivity (Wildman–Crippen MR) is 176 cm³/mol. The number of aliphatic imine (C=N–C) groups is 2. The van der Waals surface area contributed by atoms with Crippen LogP contribution in [-0.2, 0) is 13.2 Å². The molecule has 0 spiro atoms. The lowest BCUT2D eigenvalue weighted by molar-refractivity contribution is 0.306. The Morgan fingerprint density at radius 2 is 0.881 bits per heavy atom. The van der Waals surface area contributed by atoms with Crippen molar-refractivity contribution in [2.75, 3.05) is 0 Å². The minimum Gasteiger partial charge on any atom is -0.489 e. The first-order valence-corrected chi connectivity index (χ1v) is 14.6. The maximum atomic E-state index is 5.95. The van der Waals surface area contributed by atoms with Gasteiger partial charge in [0.1, 0.15) is 24.7 Å². The van der Waals surface area contributed by atoms with E-state index in [1.54, 1.807) is 0 Å². The van der Waals surface area contributed by atoms with Crippen molar-refractivity contribution in [1.29, 1.82) is 0 Å². The molecule has 1 aliphatic rings. The van der Waals surface area contributed by atoms with E-state index < -0.39 is 0 Å². The zero-order chi connectivity index (χ0) is 29.0. The Kier molecular flexibility index (Phi) is 10.1. The van der Waals surface area contributed by atoms with Crippen LogP contribution in [0.3, 0.4) is 0 Å². The summed E-state index contributed by atoms with van der Waals surface area (Å²) in [6.07, 6.45) is 12.1. The molecule has 0 bridgehead atoms. The molecule has 0 aliphatic heterocycles. The van der Waals surface area contributed by atoms with Gasteiger partial charge in [0.2, 0.25) is 0 Å². The van der Waals surface area contributed by atoms with Crippen molar-refractivity contribution >= 4 is 24.6 Å². The minimum atomic E-state index is 0.194. The maximum Gasteiger partial charge on any atom is 0.119 e. The molecule has 212 valence electrons. The Morgan fingerprint density at radius 3 is 1.24 bits per heavy atom. The van der Waals surface area contributed by atoms with E-state index in [9.17, 15) is 0 Å². The summed E-state index contributed by atoms with van der Waals surface area (Å²) in [4.78, 5) is 9.90. The fourth-order valence-electron chi connectivity index (χ4n) is 4.94. The molecule has 0 unspecified atom stereocenters. The molecule has 2 atom stereocenters. The summed E-state index contributed by atoms with van der Waals surface area (Å²) in [5.41, 5.74) is 6.61. The van der Waals surface area contributed by atoms with E-state index in [4.69, 9.17) is 19.5 Å². The molecule has 4 aromatic rings. The average Bonchev–Trinajstić information content (AvgIpc) is 3.06. The molecule has 5 rings (SSSR count). The molecule has 0 heterocycles. The van der Waals surface area contributed by atoms with E-state index in [-0.39, 0.29) is 12.1 Å². The summed E-state index contributed by atoms with van der Waals surface area (Å²) in [6, 6.07) is 33.1. The molecular weight excluding hydrogens is 516 g/mol. The number of benzene rings is 4. The van der Waals surface area contributed by atoms with Gasteiger partial charge in [-0.2, -0.15) is 0 Å². The monoisotopic (exact) mass is 554 g/mol. The third kappa shape index (κ3) is 8.40. The van der Waals surface area contributed by atoms with Gasteiger partial charge in [-0.25, -0.2) is 0 Å². The lowest BCUT2D eigenvalue weighted by atomic mass is 9.91. The van der Waals surface area contributed by atoms with Crippen molar-refractivity contribution in [2.45, 2.75) is 51.0 Å². The molecule has 4 heteroatoms. The standard InChI is InChI=1S/C38H38N2O2/c1-3-29-9-13-33(14-10-29)27-41-35-21-17-31(18-22-35)25-39-37-7-5-6-8-38(37)40-26-32-19-23-36(24-20-32)42-28-34-15-11-30(4-2)12-16-34/h3-4,9-26,37-38H,1-2,5-8,27-28H2/t37-,38-/m1/s1. The van der Waals surface area contributed by atoms with E-state index >= 15 is 0 Å². The first-order chi connectivity index (χ1) is 20.7. The molecule has 0 saturated heterocycles. The summed E-state index contributed by atoms with van der Waals surface area (Å²) >= 11 is 0. The average molecular weight is 555 g/mol. The lowest BCUT2D eigenvalue weighted by Gasteiger charge is -2.25. The van der Waals surface area contributed by atoms with E-state index in [0.29, 0.717) is 13.2 Å². The Balaban J connectivity index is 1.12. The van der Waals surface area contributed by atoms with Crippen molar-refractivity contribution in [3.8, 4) is 11.5 Å². The van der Waals surface area contributed by atoms with Crippen molar-refractivity contribution in [2.24, 2.45) is 9.98 Å². The van der Waals surface area contributed by atoms with Crippen molar-refractivity contribution in [3.05, 3.63) is 144 Å². The fourth-order valence-corrected chi connectivity index (χ4v) is 4.94. The number of rotatable bonds is 12. The first-order valence-electron chi connectivity index (χ1n) is 14.6. The second-order valence-corrected chi connectivity index (χ2v) is 10.6. The summed E-state index contributed by atoms with van der Waals surface area (Å²) < 4.78 is 11.9. The van der Waals surface area contributed by atoms with Crippen LogP contribution in [0.1, 0.15) is 59.1 Å². The summed E-state index contributed by atoms with van der Waals surface area (Å²) in [5.74, 6) is 1.69. The minimum absolute atomic E-state index is 0.194. The Labute approximate surface area is 249 Å². The Morgan fingerprint density at radius 1 is 0.524 bits per heavy atom. The lowest BCUT2D eigenvalue weighted by Crippen LogP contribution is -2.27. The Hall–Kier alpha value is -4.70. The molecule has 1 fully saturated rings. The van der Waals surface area contributed by atoms with Crippen LogP contribution in [0.25, 0.3) is 12.2 Å². The highest BCUT2D eigenvalue weighted by Crippen LogP contribution is 2.24. The molecule has 0 radical (unpaired) electrons. The SMILES string of the molecule is C=Cc1ccc(COc2ccc(C=N[C@@H]3CCCC[C@H]3N=Cc3ccc(OCc4ccc(C=C)cc4)cc3)cc2)cc1. The molecule has 4 aromatic carbocycles. The highest BCUT2D eigenvalue weighted by molar-refractivity contribution is 5.81. The van der Waals surface area contributed by atoms with Crippen LogP contribution >= 0.6 is 0 Å². The van der Waals surface area contributed by atoms with Gasteiger partial charge in [0.15, 0.2) is 0 Å². The third-order valence-corrected chi connectivity index (χ3v) is 7.53. The van der Waals surface area contributed by atoms with Gasteiger partial charge in [0, 0.05) is 12.4 Å². The molecule has 1 aliphatic carbocycles. The van der Waals surface area contributed by atoms with Crippen LogP contribution < -0.4 is 9.47 Å². The van der Waals surface area contributed by atoms with E-state index in [1.165, 1.54) is 12.8 Å². The quantitative estimate of drug-likeness (QED) is 0.164.